The van der Waals surface area contributed by atoms with Gasteiger partial charge in [-0.05, 0) is 62.4 Å². The van der Waals surface area contributed by atoms with Crippen LogP contribution in [0.1, 0.15) is 58.5 Å². The highest BCUT2D eigenvalue weighted by molar-refractivity contribution is 6.05. The monoisotopic (exact) mass is 688 g/mol. The summed E-state index contributed by atoms with van der Waals surface area (Å²) in [6.07, 6.45) is 11.2. The van der Waals surface area contributed by atoms with Crippen molar-refractivity contribution in [3.05, 3.63) is 94.5 Å². The summed E-state index contributed by atoms with van der Waals surface area (Å²) in [5.74, 6) is 1.92. The van der Waals surface area contributed by atoms with Crippen LogP contribution in [-0.2, 0) is 39.4 Å². The zero-order chi connectivity index (χ0) is 36.1. The lowest BCUT2D eigenvalue weighted by molar-refractivity contribution is -0.115. The third kappa shape index (κ3) is 6.56. The van der Waals surface area contributed by atoms with Gasteiger partial charge in [-0.3, -0.25) is 19.2 Å². The minimum atomic E-state index is -0.753. The minimum Gasteiger partial charge on any atom is -0.493 e. The molecule has 6 rings (SSSR count). The van der Waals surface area contributed by atoms with Gasteiger partial charge in [-0.15, -0.1) is 0 Å². The maximum atomic E-state index is 12.0. The molecule has 0 aromatic heterocycles. The Morgan fingerprint density at radius 2 is 1.06 bits per heavy atom. The lowest BCUT2D eigenvalue weighted by atomic mass is 9.71. The molecular weight excluding hydrogens is 648 g/mol. The lowest BCUT2D eigenvalue weighted by Crippen LogP contribution is -2.40. The van der Waals surface area contributed by atoms with Gasteiger partial charge < -0.3 is 37.9 Å². The molecule has 4 atom stereocenters. The molecular formula is C38H40O12. The molecule has 2 aromatic carbocycles. The molecule has 2 aromatic rings. The summed E-state index contributed by atoms with van der Waals surface area (Å²) in [4.78, 5) is 47.3. The van der Waals surface area contributed by atoms with Crippen LogP contribution in [0.2, 0.25) is 0 Å². The van der Waals surface area contributed by atoms with Crippen LogP contribution in [0.5, 0.6) is 23.0 Å². The molecule has 0 unspecified atom stereocenters. The Kier molecular flexibility index (Phi) is 10.9. The second-order valence-corrected chi connectivity index (χ2v) is 11.7. The lowest BCUT2D eigenvalue weighted by Gasteiger charge is -2.40. The van der Waals surface area contributed by atoms with Crippen LogP contribution in [0, 0.1) is 0 Å². The number of hydrogen-bond acceptors (Lipinski definition) is 12. The fourth-order valence-electron chi connectivity index (χ4n) is 6.73. The number of rotatable bonds is 10. The first-order valence-corrected chi connectivity index (χ1v) is 16.1. The third-order valence-electron chi connectivity index (χ3n) is 8.91. The number of carbonyl (C=O) groups excluding carboxylic acids is 4. The molecule has 2 aliphatic heterocycles. The van der Waals surface area contributed by atoms with Gasteiger partial charge in [-0.1, -0.05) is 12.2 Å². The van der Waals surface area contributed by atoms with Crippen molar-refractivity contribution < 1.29 is 57.1 Å². The molecule has 2 spiro atoms. The topological polar surface area (TPSA) is 142 Å². The highest BCUT2D eigenvalue weighted by atomic mass is 16.7. The first-order valence-electron chi connectivity index (χ1n) is 16.1. The van der Waals surface area contributed by atoms with E-state index >= 15 is 0 Å². The van der Waals surface area contributed by atoms with E-state index in [-0.39, 0.29) is 23.1 Å². The van der Waals surface area contributed by atoms with Gasteiger partial charge in [0.1, 0.15) is 0 Å². The maximum absolute atomic E-state index is 12.0. The van der Waals surface area contributed by atoms with E-state index in [9.17, 15) is 19.2 Å². The number of fused-ring (bicyclic) bond motifs is 4. The zero-order valence-corrected chi connectivity index (χ0v) is 28.8. The van der Waals surface area contributed by atoms with Crippen LogP contribution in [0.25, 0.3) is 0 Å². The Morgan fingerprint density at radius 1 is 0.660 bits per heavy atom. The average molecular weight is 689 g/mol. The van der Waals surface area contributed by atoms with Gasteiger partial charge in [0.2, 0.25) is 24.1 Å². The molecule has 0 amide bonds. The van der Waals surface area contributed by atoms with E-state index in [0.29, 0.717) is 71.3 Å². The zero-order valence-electron chi connectivity index (χ0n) is 28.8. The molecule has 0 bridgehead atoms. The summed E-state index contributed by atoms with van der Waals surface area (Å²) in [5.41, 5.74) is 0.731. The predicted octanol–water partition coefficient (Wildman–Crippen LogP) is 5.12. The Hall–Kier alpha value is -5.20. The van der Waals surface area contributed by atoms with Gasteiger partial charge in [-0.2, -0.15) is 0 Å². The van der Waals surface area contributed by atoms with Crippen LogP contribution < -0.4 is 18.9 Å². The van der Waals surface area contributed by atoms with Gasteiger partial charge in [0.25, 0.3) is 0 Å². The number of methoxy groups -OCH3 is 4. The second-order valence-electron chi connectivity index (χ2n) is 11.7. The van der Waals surface area contributed by atoms with Crippen LogP contribution >= 0.6 is 0 Å². The predicted molar refractivity (Wildman–Crippen MR) is 180 cm³/mol. The Labute approximate surface area is 290 Å². The molecule has 0 radical (unpaired) electrons. The van der Waals surface area contributed by atoms with Crippen LogP contribution in [-0.4, -0.2) is 78.4 Å². The summed E-state index contributed by atoms with van der Waals surface area (Å²) >= 11 is 0. The van der Waals surface area contributed by atoms with E-state index < -0.39 is 23.4 Å². The van der Waals surface area contributed by atoms with E-state index in [2.05, 4.69) is 0 Å². The normalized spacial score (nSPS) is 24.4. The first-order chi connectivity index (χ1) is 24.2. The number of ketones is 2. The molecule has 12 nitrogen and oxygen atoms in total. The van der Waals surface area contributed by atoms with E-state index in [1.807, 2.05) is 13.8 Å². The summed E-state index contributed by atoms with van der Waals surface area (Å²) in [5, 5.41) is 0. The number of hydrogen-bond donors (Lipinski definition) is 0. The van der Waals surface area contributed by atoms with E-state index in [4.69, 9.17) is 37.9 Å². The number of aldehydes is 2. The van der Waals surface area contributed by atoms with Crippen LogP contribution in [0.3, 0.4) is 0 Å². The molecule has 2 heterocycles. The first kappa shape index (κ1) is 36.1. The summed E-state index contributed by atoms with van der Waals surface area (Å²) in [6, 6.07) is 6.73. The number of benzene rings is 2. The average Bonchev–Trinajstić information content (AvgIpc) is 3.13. The third-order valence-corrected chi connectivity index (χ3v) is 8.91. The van der Waals surface area contributed by atoms with Gasteiger partial charge >= 0.3 is 0 Å². The highest BCUT2D eigenvalue weighted by Crippen LogP contribution is 2.52. The van der Waals surface area contributed by atoms with Crippen molar-refractivity contribution in [1.29, 1.82) is 0 Å². The van der Waals surface area contributed by atoms with Crippen molar-refractivity contribution in [2.45, 2.75) is 50.1 Å². The summed E-state index contributed by atoms with van der Waals surface area (Å²) < 4.78 is 44.6. The van der Waals surface area contributed by atoms with Gasteiger partial charge in [0.05, 0.1) is 28.4 Å². The number of carbonyl (C=O) groups is 4. The van der Waals surface area contributed by atoms with Crippen molar-refractivity contribution in [2.75, 3.05) is 41.7 Å². The molecule has 50 heavy (non-hydrogen) atoms. The standard InChI is InChI=1S/2C19H20O6/c2*1-4-24-16-10-19(8-7-13(21)15(9-19)23-3)17-12(11-20)5-6-14(22-2)18(17)25-16/h2*5-9,11,16H,4,10H2,1-3H3/t2*16-,19+/m10/s1. The largest absolute Gasteiger partial charge is 0.493 e. The molecule has 4 aliphatic rings. The van der Waals surface area contributed by atoms with E-state index in [1.54, 1.807) is 48.6 Å². The van der Waals surface area contributed by atoms with Crippen molar-refractivity contribution in [2.24, 2.45) is 0 Å². The van der Waals surface area contributed by atoms with Gasteiger partial charge in [0, 0.05) is 59.1 Å². The summed E-state index contributed by atoms with van der Waals surface area (Å²) in [6.45, 7) is 4.69. The molecule has 0 saturated heterocycles. The van der Waals surface area contributed by atoms with E-state index in [1.165, 1.54) is 40.6 Å². The molecule has 2 aliphatic carbocycles. The van der Waals surface area contributed by atoms with Crippen LogP contribution in [0.15, 0.2) is 72.2 Å². The quantitative estimate of drug-likeness (QED) is 0.306. The Bertz CT molecular complexity index is 1660. The maximum Gasteiger partial charge on any atom is 0.219 e. The number of allylic oxidation sites excluding steroid dienone is 6. The fourth-order valence-corrected chi connectivity index (χ4v) is 6.73. The minimum absolute atomic E-state index is 0.218. The smallest absolute Gasteiger partial charge is 0.219 e. The Balaban J connectivity index is 0.000000194. The van der Waals surface area contributed by atoms with Crippen molar-refractivity contribution in [3.8, 4) is 23.0 Å². The van der Waals surface area contributed by atoms with Crippen molar-refractivity contribution in [3.63, 3.8) is 0 Å². The molecule has 12 heteroatoms. The summed E-state index contributed by atoms with van der Waals surface area (Å²) in [7, 11) is 5.96. The molecule has 0 N–H and O–H groups in total. The highest BCUT2D eigenvalue weighted by Gasteiger charge is 2.46. The van der Waals surface area contributed by atoms with E-state index in [0.717, 1.165) is 12.6 Å². The molecule has 264 valence electrons. The fraction of sp³-hybridized carbons (Fsp3) is 0.368. The van der Waals surface area contributed by atoms with Gasteiger partial charge in [-0.25, -0.2) is 0 Å². The van der Waals surface area contributed by atoms with Crippen molar-refractivity contribution >= 4 is 24.1 Å². The SMILES string of the molecule is CCO[C@@H]1C[C@]2(C=CC(=O)C(OC)=C2)c2c(C=O)ccc(OC)c2O1.CCO[C@H]1C[C@@]2(C=CC(=O)C(OC)=C2)c2c(C=O)ccc(OC)c2O1. The number of ether oxygens (including phenoxy) is 8. The molecule has 0 saturated carbocycles. The van der Waals surface area contributed by atoms with Crippen LogP contribution in [0.4, 0.5) is 0 Å². The second kappa shape index (κ2) is 15.1. The van der Waals surface area contributed by atoms with Gasteiger partial charge in [0.15, 0.2) is 47.1 Å². The molecule has 0 fully saturated rings. The Morgan fingerprint density at radius 3 is 1.38 bits per heavy atom. The van der Waals surface area contributed by atoms with Crippen molar-refractivity contribution in [1.82, 2.24) is 0 Å².